The zero-order valence-corrected chi connectivity index (χ0v) is 13.6. The van der Waals surface area contributed by atoms with E-state index in [-0.39, 0.29) is 17.7 Å². The van der Waals surface area contributed by atoms with Gasteiger partial charge in [0.2, 0.25) is 0 Å². The molecule has 0 unspecified atom stereocenters. The number of para-hydroxylation sites is 1. The molecule has 0 fully saturated rings. The summed E-state index contributed by atoms with van der Waals surface area (Å²) in [4.78, 5) is 24.1. The number of carbonyl (C=O) groups is 1. The maximum Gasteiger partial charge on any atom is 0.263 e. The van der Waals surface area contributed by atoms with Crippen molar-refractivity contribution in [1.29, 1.82) is 0 Å². The molecule has 124 valence electrons. The Balaban J connectivity index is 1.77. The van der Waals surface area contributed by atoms with E-state index in [1.54, 1.807) is 19.3 Å². The SMILES string of the molecule is Cn1cccc(C(=O)NC[C@H](O)c2cn(C)c3ccccc23)c1=O. The Morgan fingerprint density at radius 3 is 2.71 bits per heavy atom. The normalized spacial score (nSPS) is 12.3. The monoisotopic (exact) mass is 325 g/mol. The van der Waals surface area contributed by atoms with Crippen LogP contribution in [0.3, 0.4) is 0 Å². The van der Waals surface area contributed by atoms with Gasteiger partial charge < -0.3 is 19.6 Å². The second-order valence-corrected chi connectivity index (χ2v) is 5.78. The number of hydrogen-bond acceptors (Lipinski definition) is 3. The first-order chi connectivity index (χ1) is 11.5. The summed E-state index contributed by atoms with van der Waals surface area (Å²) in [6.45, 7) is 0.0326. The van der Waals surface area contributed by atoms with Crippen LogP contribution in [0.5, 0.6) is 0 Å². The van der Waals surface area contributed by atoms with Crippen LogP contribution in [-0.4, -0.2) is 26.7 Å². The standard InChI is InChI=1S/C18H19N3O3/c1-20-9-5-7-13(18(20)24)17(23)19-10-16(22)14-11-21(2)15-8-4-3-6-12(14)15/h3-9,11,16,22H,10H2,1-2H3,(H,19,23)/t16-/m0/s1. The fraction of sp³-hybridized carbons (Fsp3) is 0.222. The minimum Gasteiger partial charge on any atom is -0.386 e. The quantitative estimate of drug-likeness (QED) is 0.760. The Bertz CT molecular complexity index is 956. The first-order valence-electron chi connectivity index (χ1n) is 7.65. The van der Waals surface area contributed by atoms with Gasteiger partial charge in [0, 0.05) is 49.5 Å². The fourth-order valence-electron chi connectivity index (χ4n) is 2.80. The van der Waals surface area contributed by atoms with Gasteiger partial charge in [0.05, 0.1) is 6.10 Å². The average Bonchev–Trinajstić information content (AvgIpc) is 2.92. The lowest BCUT2D eigenvalue weighted by atomic mass is 10.1. The van der Waals surface area contributed by atoms with Crippen molar-refractivity contribution < 1.29 is 9.90 Å². The van der Waals surface area contributed by atoms with Crippen LogP contribution in [0.25, 0.3) is 10.9 Å². The van der Waals surface area contributed by atoms with Crippen molar-refractivity contribution in [3.05, 3.63) is 70.3 Å². The molecule has 6 nitrogen and oxygen atoms in total. The van der Waals surface area contributed by atoms with Crippen LogP contribution in [0.1, 0.15) is 22.0 Å². The predicted octanol–water partition coefficient (Wildman–Crippen LogP) is 1.34. The van der Waals surface area contributed by atoms with Gasteiger partial charge in [-0.1, -0.05) is 18.2 Å². The number of hydrogen-bond donors (Lipinski definition) is 2. The molecular formula is C18H19N3O3. The Morgan fingerprint density at radius 2 is 1.92 bits per heavy atom. The van der Waals surface area contributed by atoms with Gasteiger partial charge in [0.25, 0.3) is 11.5 Å². The predicted molar refractivity (Wildman–Crippen MR) is 91.9 cm³/mol. The van der Waals surface area contributed by atoms with Crippen molar-refractivity contribution in [3.63, 3.8) is 0 Å². The number of nitrogens with zero attached hydrogens (tertiary/aromatic N) is 2. The van der Waals surface area contributed by atoms with E-state index in [4.69, 9.17) is 0 Å². The molecule has 0 aliphatic heterocycles. The van der Waals surface area contributed by atoms with E-state index in [2.05, 4.69) is 5.32 Å². The molecule has 1 aromatic carbocycles. The molecule has 2 heterocycles. The molecule has 2 N–H and O–H groups in total. The van der Waals surface area contributed by atoms with E-state index in [0.29, 0.717) is 0 Å². The van der Waals surface area contributed by atoms with E-state index in [1.807, 2.05) is 42.1 Å². The number of amides is 1. The van der Waals surface area contributed by atoms with E-state index in [9.17, 15) is 14.7 Å². The number of pyridine rings is 1. The van der Waals surface area contributed by atoms with Gasteiger partial charge in [-0.2, -0.15) is 0 Å². The topological polar surface area (TPSA) is 76.3 Å². The minimum atomic E-state index is -0.854. The number of benzene rings is 1. The van der Waals surface area contributed by atoms with Gasteiger partial charge in [-0.15, -0.1) is 0 Å². The first kappa shape index (κ1) is 16.0. The summed E-state index contributed by atoms with van der Waals surface area (Å²) >= 11 is 0. The molecule has 0 aliphatic carbocycles. The summed E-state index contributed by atoms with van der Waals surface area (Å²) in [5, 5.41) is 14.0. The maximum absolute atomic E-state index is 12.2. The van der Waals surface area contributed by atoms with Crippen LogP contribution in [0.15, 0.2) is 53.6 Å². The Labute approximate surface area is 139 Å². The number of carbonyl (C=O) groups excluding carboxylic acids is 1. The van der Waals surface area contributed by atoms with Crippen LogP contribution in [0, 0.1) is 0 Å². The number of nitrogens with one attached hydrogen (secondary N) is 1. The molecule has 3 rings (SSSR count). The van der Waals surface area contributed by atoms with Crippen LogP contribution >= 0.6 is 0 Å². The maximum atomic E-state index is 12.2. The molecule has 2 aromatic heterocycles. The molecule has 0 radical (unpaired) electrons. The highest BCUT2D eigenvalue weighted by Gasteiger charge is 2.17. The number of aliphatic hydroxyl groups is 1. The average molecular weight is 325 g/mol. The van der Waals surface area contributed by atoms with Crippen LogP contribution in [0.4, 0.5) is 0 Å². The van der Waals surface area contributed by atoms with Crippen LogP contribution in [-0.2, 0) is 14.1 Å². The Morgan fingerprint density at radius 1 is 1.17 bits per heavy atom. The molecule has 0 saturated carbocycles. The second-order valence-electron chi connectivity index (χ2n) is 5.78. The van der Waals surface area contributed by atoms with E-state index in [1.165, 1.54) is 10.6 Å². The highest BCUT2D eigenvalue weighted by Crippen LogP contribution is 2.25. The first-order valence-corrected chi connectivity index (χ1v) is 7.65. The molecule has 1 atom stereocenters. The van der Waals surface area contributed by atoms with Crippen molar-refractivity contribution in [2.24, 2.45) is 14.1 Å². The number of aromatic nitrogens is 2. The molecule has 0 bridgehead atoms. The van der Waals surface area contributed by atoms with Crippen molar-refractivity contribution in [1.82, 2.24) is 14.5 Å². The van der Waals surface area contributed by atoms with Crippen molar-refractivity contribution in [2.75, 3.05) is 6.54 Å². The van der Waals surface area contributed by atoms with Gasteiger partial charge >= 0.3 is 0 Å². The molecule has 24 heavy (non-hydrogen) atoms. The fourth-order valence-corrected chi connectivity index (χ4v) is 2.80. The van der Waals surface area contributed by atoms with Gasteiger partial charge in [-0.25, -0.2) is 0 Å². The largest absolute Gasteiger partial charge is 0.386 e. The smallest absolute Gasteiger partial charge is 0.263 e. The molecule has 3 aromatic rings. The molecule has 0 aliphatic rings. The molecule has 0 saturated heterocycles. The van der Waals surface area contributed by atoms with E-state index >= 15 is 0 Å². The number of rotatable bonds is 4. The second kappa shape index (κ2) is 6.33. The van der Waals surface area contributed by atoms with Crippen molar-refractivity contribution in [2.45, 2.75) is 6.10 Å². The lowest BCUT2D eigenvalue weighted by Gasteiger charge is -2.11. The lowest BCUT2D eigenvalue weighted by molar-refractivity contribution is 0.0915. The zero-order chi connectivity index (χ0) is 17.3. The third-order valence-corrected chi connectivity index (χ3v) is 4.11. The highest BCUT2D eigenvalue weighted by atomic mass is 16.3. The zero-order valence-electron chi connectivity index (χ0n) is 13.6. The molecule has 0 spiro atoms. The summed E-state index contributed by atoms with van der Waals surface area (Å²) in [5.41, 5.74) is 1.45. The van der Waals surface area contributed by atoms with Crippen molar-refractivity contribution >= 4 is 16.8 Å². The van der Waals surface area contributed by atoms with Crippen LogP contribution < -0.4 is 10.9 Å². The van der Waals surface area contributed by atoms with Crippen molar-refractivity contribution in [3.8, 4) is 0 Å². The Hall–Kier alpha value is -2.86. The summed E-state index contributed by atoms with van der Waals surface area (Å²) in [6, 6.07) is 10.9. The van der Waals surface area contributed by atoms with Gasteiger partial charge in [-0.05, 0) is 18.2 Å². The molecular weight excluding hydrogens is 306 g/mol. The lowest BCUT2D eigenvalue weighted by Crippen LogP contribution is -2.34. The number of fused-ring (bicyclic) bond motifs is 1. The Kier molecular flexibility index (Phi) is 4.22. The third kappa shape index (κ3) is 2.83. The van der Waals surface area contributed by atoms with Gasteiger partial charge in [0.15, 0.2) is 0 Å². The van der Waals surface area contributed by atoms with Crippen LogP contribution in [0.2, 0.25) is 0 Å². The number of aryl methyl sites for hydroxylation is 2. The molecule has 1 amide bonds. The van der Waals surface area contributed by atoms with E-state index in [0.717, 1.165) is 16.5 Å². The summed E-state index contributed by atoms with van der Waals surface area (Å²) in [7, 11) is 3.49. The summed E-state index contributed by atoms with van der Waals surface area (Å²) < 4.78 is 3.28. The van der Waals surface area contributed by atoms with Gasteiger partial charge in [0.1, 0.15) is 5.56 Å². The summed E-state index contributed by atoms with van der Waals surface area (Å²) in [6.07, 6.45) is 2.58. The van der Waals surface area contributed by atoms with E-state index < -0.39 is 12.0 Å². The number of aliphatic hydroxyl groups excluding tert-OH is 1. The third-order valence-electron chi connectivity index (χ3n) is 4.11. The summed E-state index contributed by atoms with van der Waals surface area (Å²) in [5.74, 6) is -0.490. The van der Waals surface area contributed by atoms with Gasteiger partial charge in [-0.3, -0.25) is 9.59 Å². The highest BCUT2D eigenvalue weighted by molar-refractivity contribution is 5.93. The molecule has 6 heteroatoms. The minimum absolute atomic E-state index is 0.0326.